The van der Waals surface area contributed by atoms with Gasteiger partial charge < -0.3 is 20.6 Å². The first-order valence-electron chi connectivity index (χ1n) is 11.2. The Morgan fingerprint density at radius 2 is 2.08 bits per heavy atom. The van der Waals surface area contributed by atoms with E-state index in [0.29, 0.717) is 42.0 Å². The van der Waals surface area contributed by atoms with Gasteiger partial charge in [-0.1, -0.05) is 29.5 Å². The molecule has 0 amide bonds. The van der Waals surface area contributed by atoms with Crippen LogP contribution in [0.5, 0.6) is 0 Å². The lowest BCUT2D eigenvalue weighted by Gasteiger charge is -2.48. The van der Waals surface area contributed by atoms with Crippen molar-refractivity contribution in [3.8, 4) is 11.8 Å². The molecular formula is C24H25ClN6O3S2. The number of thiazole rings is 1. The minimum absolute atomic E-state index is 0.121. The number of hydrogen-bond donors (Lipinski definition) is 2. The number of nitrogens with two attached hydrogens (primary N) is 1. The average molecular weight is 545 g/mol. The van der Waals surface area contributed by atoms with Gasteiger partial charge in [0, 0.05) is 60.7 Å². The molecule has 2 aliphatic heterocycles. The quantitative estimate of drug-likeness (QED) is 0.465. The summed E-state index contributed by atoms with van der Waals surface area (Å²) in [6.07, 6.45) is 4.38. The van der Waals surface area contributed by atoms with Gasteiger partial charge in [-0.25, -0.2) is 18.4 Å². The molecule has 0 saturated carbocycles. The molecule has 1 atom stereocenters. The van der Waals surface area contributed by atoms with Crippen molar-refractivity contribution in [1.29, 1.82) is 0 Å². The highest BCUT2D eigenvalue weighted by atomic mass is 35.5. The maximum Gasteiger partial charge on any atom is 0.222 e. The first-order valence-corrected chi connectivity index (χ1v) is 14.5. The van der Waals surface area contributed by atoms with E-state index in [1.165, 1.54) is 23.8 Å². The number of aromatic nitrogens is 3. The van der Waals surface area contributed by atoms with Crippen LogP contribution >= 0.6 is 22.9 Å². The molecule has 1 fully saturated rings. The van der Waals surface area contributed by atoms with Crippen molar-refractivity contribution in [3.63, 3.8) is 0 Å². The highest BCUT2D eigenvalue weighted by molar-refractivity contribution is 7.90. The molecule has 3 N–H and O–H groups in total. The minimum atomic E-state index is -3.04. The van der Waals surface area contributed by atoms with E-state index in [-0.39, 0.29) is 17.1 Å². The van der Waals surface area contributed by atoms with Crippen molar-refractivity contribution in [2.45, 2.75) is 17.9 Å². The molecule has 0 aliphatic carbocycles. The van der Waals surface area contributed by atoms with Crippen molar-refractivity contribution >= 4 is 50.2 Å². The summed E-state index contributed by atoms with van der Waals surface area (Å²) in [7, 11) is -3.04. The predicted molar refractivity (Wildman–Crippen MR) is 141 cm³/mol. The number of aliphatic hydroxyl groups is 1. The highest BCUT2D eigenvalue weighted by Crippen LogP contribution is 2.50. The van der Waals surface area contributed by atoms with Crippen LogP contribution in [0.25, 0.3) is 0 Å². The summed E-state index contributed by atoms with van der Waals surface area (Å²) < 4.78 is 23.3. The van der Waals surface area contributed by atoms with Crippen molar-refractivity contribution in [1.82, 2.24) is 19.9 Å². The molecule has 4 heterocycles. The minimum Gasteiger partial charge on any atom is -0.371 e. The first kappa shape index (κ1) is 24.9. The normalized spacial score (nSPS) is 18.3. The molecule has 5 rings (SSSR count). The van der Waals surface area contributed by atoms with E-state index < -0.39 is 15.4 Å². The topological polar surface area (TPSA) is 126 Å². The Hall–Kier alpha value is -2.75. The predicted octanol–water partition coefficient (Wildman–Crippen LogP) is 2.18. The van der Waals surface area contributed by atoms with E-state index in [0.717, 1.165) is 16.8 Å². The number of hydrogen-bond acceptors (Lipinski definition) is 10. The van der Waals surface area contributed by atoms with Gasteiger partial charge in [-0.05, 0) is 24.6 Å². The third-order valence-corrected chi connectivity index (χ3v) is 8.63. The van der Waals surface area contributed by atoms with E-state index in [4.69, 9.17) is 17.3 Å². The Morgan fingerprint density at radius 1 is 1.31 bits per heavy atom. The molecular weight excluding hydrogens is 520 g/mol. The monoisotopic (exact) mass is 544 g/mol. The zero-order valence-electron chi connectivity index (χ0n) is 19.8. The SMILES string of the molecule is C[C@@](O)(C#Cc1ccc2c(c1)N(c1nc(N)ncc1Cl)CC21CN(CCS(C)(=O)=O)C1)c1nccs1. The number of nitrogens with zero attached hydrogens (tertiary/aromatic N) is 5. The molecule has 188 valence electrons. The van der Waals surface area contributed by atoms with Gasteiger partial charge in [-0.3, -0.25) is 0 Å². The van der Waals surface area contributed by atoms with Crippen molar-refractivity contribution in [2.75, 3.05) is 48.8 Å². The van der Waals surface area contributed by atoms with Crippen LogP contribution in [-0.4, -0.2) is 71.6 Å². The van der Waals surface area contributed by atoms with Gasteiger partial charge >= 0.3 is 0 Å². The number of nitrogen functional groups attached to an aromatic ring is 1. The summed E-state index contributed by atoms with van der Waals surface area (Å²) in [6.45, 7) is 4.16. The number of sulfone groups is 1. The fraction of sp³-hybridized carbons (Fsp3) is 0.375. The third-order valence-electron chi connectivity index (χ3n) is 6.45. The molecule has 0 bridgehead atoms. The number of benzene rings is 1. The van der Waals surface area contributed by atoms with Gasteiger partial charge in [0.2, 0.25) is 5.95 Å². The second kappa shape index (κ2) is 8.97. The average Bonchev–Trinajstić information content (AvgIpc) is 3.44. The lowest BCUT2D eigenvalue weighted by atomic mass is 9.75. The van der Waals surface area contributed by atoms with Crippen molar-refractivity contribution in [3.05, 3.63) is 57.1 Å². The van der Waals surface area contributed by atoms with Gasteiger partial charge in [0.15, 0.2) is 11.4 Å². The lowest BCUT2D eigenvalue weighted by molar-refractivity contribution is 0.0837. The molecule has 12 heteroatoms. The molecule has 36 heavy (non-hydrogen) atoms. The summed E-state index contributed by atoms with van der Waals surface area (Å²) in [5.41, 5.74) is 7.04. The van der Waals surface area contributed by atoms with Gasteiger partial charge in [-0.2, -0.15) is 4.98 Å². The van der Waals surface area contributed by atoms with Crippen LogP contribution in [-0.2, 0) is 20.9 Å². The Labute approximate surface area is 218 Å². The fourth-order valence-electron chi connectivity index (χ4n) is 4.75. The largest absolute Gasteiger partial charge is 0.371 e. The molecule has 2 aliphatic rings. The highest BCUT2D eigenvalue weighted by Gasteiger charge is 2.51. The van der Waals surface area contributed by atoms with Crippen LogP contribution in [0.2, 0.25) is 5.02 Å². The summed E-state index contributed by atoms with van der Waals surface area (Å²) in [6, 6.07) is 5.94. The molecule has 2 aromatic heterocycles. The van der Waals surface area contributed by atoms with Crippen LogP contribution < -0.4 is 10.6 Å². The van der Waals surface area contributed by atoms with Crippen LogP contribution in [0.1, 0.15) is 23.1 Å². The molecule has 3 aromatic rings. The van der Waals surface area contributed by atoms with E-state index in [1.54, 1.807) is 18.5 Å². The first-order chi connectivity index (χ1) is 17.0. The lowest BCUT2D eigenvalue weighted by Crippen LogP contribution is -2.61. The molecule has 1 spiro atoms. The van der Waals surface area contributed by atoms with Gasteiger partial charge in [0.1, 0.15) is 19.9 Å². The molecule has 1 aromatic carbocycles. The van der Waals surface area contributed by atoms with E-state index in [9.17, 15) is 13.5 Å². The number of anilines is 3. The van der Waals surface area contributed by atoms with Crippen LogP contribution in [0, 0.1) is 11.8 Å². The summed E-state index contributed by atoms with van der Waals surface area (Å²) in [5.74, 6) is 6.77. The summed E-state index contributed by atoms with van der Waals surface area (Å²) >= 11 is 7.82. The van der Waals surface area contributed by atoms with Gasteiger partial charge in [-0.15, -0.1) is 11.3 Å². The molecule has 1 saturated heterocycles. The van der Waals surface area contributed by atoms with Crippen LogP contribution in [0.15, 0.2) is 36.0 Å². The second-order valence-corrected chi connectivity index (χ2v) is 13.1. The molecule has 9 nitrogen and oxygen atoms in total. The Balaban J connectivity index is 1.49. The second-order valence-electron chi connectivity index (χ2n) is 9.50. The third kappa shape index (κ3) is 4.79. The van der Waals surface area contributed by atoms with E-state index >= 15 is 0 Å². The number of fused-ring (bicyclic) bond motifs is 2. The van der Waals surface area contributed by atoms with E-state index in [1.807, 2.05) is 23.1 Å². The summed E-state index contributed by atoms with van der Waals surface area (Å²) in [5, 5.41) is 13.5. The van der Waals surface area contributed by atoms with Gasteiger partial charge in [0.25, 0.3) is 0 Å². The number of halogens is 1. The standard InChI is InChI=1S/C24H25ClN6O3S2/c1-23(32,21-27-7-9-35-21)6-5-16-3-4-17-19(11-16)31(20-18(25)12-28-22(26)29-20)15-24(17)13-30(14-24)8-10-36(2,33)34/h3-4,7,9,11-12,32H,8,10,13-15H2,1-2H3,(H2,26,28,29)/t23-/m1/s1. The smallest absolute Gasteiger partial charge is 0.222 e. The van der Waals surface area contributed by atoms with Crippen molar-refractivity contribution < 1.29 is 13.5 Å². The maximum absolute atomic E-state index is 11.6. The number of rotatable bonds is 5. The van der Waals surface area contributed by atoms with E-state index in [2.05, 4.69) is 31.7 Å². The molecule has 0 radical (unpaired) electrons. The molecule has 0 unspecified atom stereocenters. The Morgan fingerprint density at radius 3 is 2.78 bits per heavy atom. The fourth-order valence-corrected chi connectivity index (χ4v) is 6.18. The number of likely N-dealkylation sites (tertiary alicyclic amines) is 1. The zero-order chi connectivity index (χ0) is 25.7. The zero-order valence-corrected chi connectivity index (χ0v) is 22.2. The Bertz CT molecular complexity index is 1480. The van der Waals surface area contributed by atoms with Crippen LogP contribution in [0.4, 0.5) is 17.5 Å². The van der Waals surface area contributed by atoms with Gasteiger partial charge in [0.05, 0.1) is 11.9 Å². The Kier molecular flexibility index (Phi) is 6.21. The maximum atomic E-state index is 11.6. The summed E-state index contributed by atoms with van der Waals surface area (Å²) in [4.78, 5) is 16.7. The van der Waals surface area contributed by atoms with Crippen molar-refractivity contribution in [2.24, 2.45) is 0 Å². The van der Waals surface area contributed by atoms with Crippen LogP contribution in [0.3, 0.4) is 0 Å².